The molecule has 0 spiro atoms. The van der Waals surface area contributed by atoms with Crippen LogP contribution in [0.1, 0.15) is 16.0 Å². The second-order valence-electron chi connectivity index (χ2n) is 7.49. The summed E-state index contributed by atoms with van der Waals surface area (Å²) in [5.41, 5.74) is 3.32. The minimum Gasteiger partial charge on any atom is -0.345 e. The molecule has 0 aliphatic rings. The van der Waals surface area contributed by atoms with Crippen molar-refractivity contribution in [1.29, 1.82) is 0 Å². The molecule has 3 heterocycles. The number of amides is 2. The highest BCUT2D eigenvalue weighted by molar-refractivity contribution is 7.19. The number of nitrogens with one attached hydrogen (secondary N) is 2. The van der Waals surface area contributed by atoms with E-state index in [1.165, 1.54) is 22.2 Å². The summed E-state index contributed by atoms with van der Waals surface area (Å²) in [5.74, 6) is -0.769. The maximum absolute atomic E-state index is 13.0. The molecule has 4 aromatic rings. The lowest BCUT2D eigenvalue weighted by atomic mass is 10.1. The highest BCUT2D eigenvalue weighted by Gasteiger charge is 2.16. The molecule has 0 saturated heterocycles. The van der Waals surface area contributed by atoms with Crippen LogP contribution in [0.3, 0.4) is 0 Å². The number of carbonyl (C=O) groups is 2. The molecule has 4 rings (SSSR count). The number of hydrogen-bond donors (Lipinski definition) is 2. The average molecular weight is 467 g/mol. The summed E-state index contributed by atoms with van der Waals surface area (Å²) in [7, 11) is 0. The van der Waals surface area contributed by atoms with Gasteiger partial charge in [-0.15, -0.1) is 22.7 Å². The smallest absolute Gasteiger partial charge is 0.263 e. The van der Waals surface area contributed by atoms with Gasteiger partial charge in [-0.05, 0) is 50.1 Å². The molecule has 0 unspecified atom stereocenters. The SMILES string of the molecule is Cc1ccc(-c2csc3ncn(CC(=O)NCC(=O)Nc4cccc(C)c4C)c(=O)c23)s1. The zero-order chi connectivity index (χ0) is 22.8. The van der Waals surface area contributed by atoms with Gasteiger partial charge in [0.15, 0.2) is 0 Å². The van der Waals surface area contributed by atoms with Gasteiger partial charge in [-0.2, -0.15) is 0 Å². The summed E-state index contributed by atoms with van der Waals surface area (Å²) in [6, 6.07) is 9.64. The summed E-state index contributed by atoms with van der Waals surface area (Å²) in [5, 5.41) is 7.80. The van der Waals surface area contributed by atoms with Crippen LogP contribution in [0.5, 0.6) is 0 Å². The van der Waals surface area contributed by atoms with Crippen molar-refractivity contribution < 1.29 is 9.59 Å². The van der Waals surface area contributed by atoms with Crippen molar-refractivity contribution in [2.45, 2.75) is 27.3 Å². The van der Waals surface area contributed by atoms with Crippen LogP contribution in [-0.2, 0) is 16.1 Å². The standard InChI is InChI=1S/C23H22N4O3S2/c1-13-5-4-6-17(15(13)3)26-19(28)9-24-20(29)10-27-12-25-22-21(23(27)30)16(11-31-22)18-8-7-14(2)32-18/h4-8,11-12H,9-10H2,1-3H3,(H,24,29)(H,26,28). The fourth-order valence-corrected chi connectivity index (χ4v) is 5.17. The number of aryl methyl sites for hydroxylation is 2. The lowest BCUT2D eigenvalue weighted by molar-refractivity contribution is -0.124. The Bertz CT molecular complexity index is 1380. The van der Waals surface area contributed by atoms with Crippen LogP contribution in [0.15, 0.2) is 46.8 Å². The minimum atomic E-state index is -0.437. The Morgan fingerprint density at radius 3 is 2.66 bits per heavy atom. The van der Waals surface area contributed by atoms with E-state index in [-0.39, 0.29) is 24.6 Å². The van der Waals surface area contributed by atoms with Crippen LogP contribution in [0, 0.1) is 20.8 Å². The van der Waals surface area contributed by atoms with Crippen molar-refractivity contribution in [2.75, 3.05) is 11.9 Å². The fourth-order valence-electron chi connectivity index (χ4n) is 3.31. The normalized spacial score (nSPS) is 11.0. The predicted molar refractivity (Wildman–Crippen MR) is 129 cm³/mol. The van der Waals surface area contributed by atoms with E-state index < -0.39 is 5.91 Å². The number of fused-ring (bicyclic) bond motifs is 1. The van der Waals surface area contributed by atoms with Crippen molar-refractivity contribution in [2.24, 2.45) is 0 Å². The zero-order valence-corrected chi connectivity index (χ0v) is 19.5. The van der Waals surface area contributed by atoms with Gasteiger partial charge in [-0.25, -0.2) is 4.98 Å². The van der Waals surface area contributed by atoms with E-state index in [9.17, 15) is 14.4 Å². The van der Waals surface area contributed by atoms with Crippen LogP contribution in [0.25, 0.3) is 20.7 Å². The Morgan fingerprint density at radius 1 is 1.09 bits per heavy atom. The number of carbonyl (C=O) groups excluding carboxylic acids is 2. The summed E-state index contributed by atoms with van der Waals surface area (Å²) >= 11 is 3.02. The third kappa shape index (κ3) is 4.49. The van der Waals surface area contributed by atoms with Crippen LogP contribution in [0.4, 0.5) is 5.69 Å². The number of hydrogen-bond acceptors (Lipinski definition) is 6. The number of thiophene rings is 2. The lowest BCUT2D eigenvalue weighted by Crippen LogP contribution is -2.37. The van der Waals surface area contributed by atoms with E-state index in [0.29, 0.717) is 15.9 Å². The van der Waals surface area contributed by atoms with Gasteiger partial charge in [-0.3, -0.25) is 19.0 Å². The van der Waals surface area contributed by atoms with Gasteiger partial charge in [0.1, 0.15) is 11.4 Å². The molecule has 7 nitrogen and oxygen atoms in total. The van der Waals surface area contributed by atoms with E-state index in [1.54, 1.807) is 11.3 Å². The largest absolute Gasteiger partial charge is 0.345 e. The molecule has 32 heavy (non-hydrogen) atoms. The lowest BCUT2D eigenvalue weighted by Gasteiger charge is -2.11. The van der Waals surface area contributed by atoms with Crippen LogP contribution in [-0.4, -0.2) is 27.9 Å². The van der Waals surface area contributed by atoms with Crippen molar-refractivity contribution in [3.63, 3.8) is 0 Å². The minimum absolute atomic E-state index is 0.186. The molecule has 0 fully saturated rings. The second-order valence-corrected chi connectivity index (χ2v) is 9.64. The summed E-state index contributed by atoms with van der Waals surface area (Å²) in [6.07, 6.45) is 1.38. The molecule has 0 radical (unpaired) electrons. The van der Waals surface area contributed by atoms with Crippen LogP contribution in [0.2, 0.25) is 0 Å². The monoisotopic (exact) mass is 466 g/mol. The summed E-state index contributed by atoms with van der Waals surface area (Å²) < 4.78 is 1.27. The van der Waals surface area contributed by atoms with Crippen LogP contribution < -0.4 is 16.2 Å². The van der Waals surface area contributed by atoms with E-state index >= 15 is 0 Å². The highest BCUT2D eigenvalue weighted by Crippen LogP contribution is 2.34. The van der Waals surface area contributed by atoms with Gasteiger partial charge >= 0.3 is 0 Å². The number of benzene rings is 1. The first-order valence-electron chi connectivity index (χ1n) is 9.99. The Balaban J connectivity index is 1.44. The summed E-state index contributed by atoms with van der Waals surface area (Å²) in [6.45, 7) is 5.51. The van der Waals surface area contributed by atoms with Crippen molar-refractivity contribution in [1.82, 2.24) is 14.9 Å². The number of rotatable bonds is 6. The third-order valence-corrected chi connectivity index (χ3v) is 7.13. The molecular weight excluding hydrogens is 444 g/mol. The number of aromatic nitrogens is 2. The van der Waals surface area contributed by atoms with E-state index in [2.05, 4.69) is 15.6 Å². The molecule has 1 aromatic carbocycles. The molecule has 0 atom stereocenters. The molecule has 9 heteroatoms. The first-order chi connectivity index (χ1) is 15.3. The third-order valence-electron chi connectivity index (χ3n) is 5.21. The Labute approximate surface area is 192 Å². The molecule has 2 N–H and O–H groups in total. The van der Waals surface area contributed by atoms with E-state index in [0.717, 1.165) is 26.4 Å². The Morgan fingerprint density at radius 2 is 1.91 bits per heavy atom. The van der Waals surface area contributed by atoms with Gasteiger partial charge in [0.2, 0.25) is 11.8 Å². The van der Waals surface area contributed by atoms with E-state index in [1.807, 2.05) is 56.5 Å². The van der Waals surface area contributed by atoms with Gasteiger partial charge in [0.25, 0.3) is 5.56 Å². The molecule has 3 aromatic heterocycles. The van der Waals surface area contributed by atoms with Crippen LogP contribution >= 0.6 is 22.7 Å². The molecule has 0 aliphatic heterocycles. The van der Waals surface area contributed by atoms with Crippen molar-refractivity contribution >= 4 is 50.4 Å². The van der Waals surface area contributed by atoms with Gasteiger partial charge in [0.05, 0.1) is 18.3 Å². The van der Waals surface area contributed by atoms with Gasteiger partial charge in [-0.1, -0.05) is 12.1 Å². The Hall–Kier alpha value is -3.30. The predicted octanol–water partition coefficient (Wildman–Crippen LogP) is 3.87. The van der Waals surface area contributed by atoms with Crippen molar-refractivity contribution in [3.8, 4) is 10.4 Å². The second kappa shape index (κ2) is 9.05. The number of nitrogens with zero attached hydrogens (tertiary/aromatic N) is 2. The highest BCUT2D eigenvalue weighted by atomic mass is 32.1. The molecule has 164 valence electrons. The molecule has 0 bridgehead atoms. The molecular formula is C23H22N4O3S2. The van der Waals surface area contributed by atoms with E-state index in [4.69, 9.17) is 0 Å². The van der Waals surface area contributed by atoms with Gasteiger partial charge < -0.3 is 10.6 Å². The van der Waals surface area contributed by atoms with Crippen molar-refractivity contribution in [3.05, 3.63) is 68.4 Å². The topological polar surface area (TPSA) is 93.1 Å². The fraction of sp³-hybridized carbons (Fsp3) is 0.217. The first-order valence-corrected chi connectivity index (χ1v) is 11.7. The molecule has 0 aliphatic carbocycles. The Kier molecular flexibility index (Phi) is 6.20. The maximum atomic E-state index is 13.0. The molecule has 2 amide bonds. The maximum Gasteiger partial charge on any atom is 0.263 e. The zero-order valence-electron chi connectivity index (χ0n) is 17.9. The van der Waals surface area contributed by atoms with Gasteiger partial charge in [0, 0.05) is 26.4 Å². The molecule has 0 saturated carbocycles. The number of anilines is 1. The summed E-state index contributed by atoms with van der Waals surface area (Å²) in [4.78, 5) is 44.8. The average Bonchev–Trinajstić information content (AvgIpc) is 3.38. The quantitative estimate of drug-likeness (QED) is 0.451. The first kappa shape index (κ1) is 21.9.